The second kappa shape index (κ2) is 7.77. The van der Waals surface area contributed by atoms with Crippen molar-refractivity contribution in [2.75, 3.05) is 6.54 Å². The van der Waals surface area contributed by atoms with Gasteiger partial charge in [-0.3, -0.25) is 14.8 Å². The van der Waals surface area contributed by atoms with E-state index < -0.39 is 12.3 Å². The van der Waals surface area contributed by atoms with Crippen molar-refractivity contribution >= 4 is 5.91 Å². The van der Waals surface area contributed by atoms with Crippen molar-refractivity contribution in [1.29, 1.82) is 0 Å². The average molecular weight is 429 g/mol. The van der Waals surface area contributed by atoms with Crippen LogP contribution in [0.4, 0.5) is 13.2 Å². The number of hydrogen-bond acceptors (Lipinski definition) is 6. The van der Waals surface area contributed by atoms with Crippen LogP contribution in [0.2, 0.25) is 0 Å². The molecular weight excluding hydrogens is 411 g/mol. The second-order valence-corrected chi connectivity index (χ2v) is 7.55. The molecule has 2 aromatic heterocycles. The zero-order chi connectivity index (χ0) is 21.5. The molecule has 160 valence electrons. The predicted molar refractivity (Wildman–Crippen MR) is 102 cm³/mol. The highest BCUT2D eigenvalue weighted by atomic mass is 19.3. The first-order valence-electron chi connectivity index (χ1n) is 9.96. The molecule has 2 aliphatic heterocycles. The monoisotopic (exact) mass is 429 g/mol. The first-order valence-corrected chi connectivity index (χ1v) is 9.96. The van der Waals surface area contributed by atoms with Gasteiger partial charge in [-0.05, 0) is 36.6 Å². The number of carbonyl (C=O) groups is 1. The lowest BCUT2D eigenvalue weighted by Crippen LogP contribution is -2.47. The number of piperidine rings is 1. The van der Waals surface area contributed by atoms with Crippen molar-refractivity contribution in [2.24, 2.45) is 0 Å². The van der Waals surface area contributed by atoms with Crippen LogP contribution in [-0.4, -0.2) is 37.7 Å². The van der Waals surface area contributed by atoms with Crippen LogP contribution in [0.15, 0.2) is 40.9 Å². The highest BCUT2D eigenvalue weighted by molar-refractivity contribution is 5.98. The third-order valence-corrected chi connectivity index (χ3v) is 5.65. The first kappa shape index (κ1) is 19.7. The van der Waals surface area contributed by atoms with Gasteiger partial charge >= 0.3 is 6.43 Å². The van der Waals surface area contributed by atoms with Gasteiger partial charge in [0.2, 0.25) is 5.89 Å². The van der Waals surface area contributed by atoms with Crippen LogP contribution in [-0.2, 0) is 6.54 Å². The summed E-state index contributed by atoms with van der Waals surface area (Å²) in [6.45, 7) is 0.994. The quantitative estimate of drug-likeness (QED) is 0.615. The summed E-state index contributed by atoms with van der Waals surface area (Å²) >= 11 is 0. The van der Waals surface area contributed by atoms with Crippen molar-refractivity contribution < 1.29 is 22.4 Å². The number of aromatic nitrogens is 3. The molecular formula is C21H18F3N5O2. The molecule has 0 radical (unpaired) electrons. The van der Waals surface area contributed by atoms with Crippen LogP contribution in [0, 0.1) is 5.82 Å². The largest absolute Gasteiger partial charge is 0.415 e. The van der Waals surface area contributed by atoms with Crippen LogP contribution in [0.25, 0.3) is 11.5 Å². The molecule has 2 aliphatic rings. The maximum absolute atomic E-state index is 13.4. The van der Waals surface area contributed by atoms with Gasteiger partial charge in [0.1, 0.15) is 5.82 Å². The number of halogens is 3. The fraction of sp³-hybridized carbons (Fsp3) is 0.333. The molecule has 1 atom stereocenters. The molecule has 1 amide bonds. The lowest BCUT2D eigenvalue weighted by molar-refractivity contribution is -0.0563. The number of amides is 1. The van der Waals surface area contributed by atoms with Gasteiger partial charge in [-0.25, -0.2) is 9.40 Å². The van der Waals surface area contributed by atoms with Crippen molar-refractivity contribution in [1.82, 2.24) is 25.2 Å². The number of rotatable bonds is 4. The van der Waals surface area contributed by atoms with E-state index in [0.717, 1.165) is 24.8 Å². The van der Waals surface area contributed by atoms with Crippen molar-refractivity contribution in [3.63, 3.8) is 0 Å². The summed E-state index contributed by atoms with van der Waals surface area (Å²) in [4.78, 5) is 17.6. The zero-order valence-corrected chi connectivity index (χ0v) is 16.3. The Bertz CT molecular complexity index is 1120. The Balaban J connectivity index is 1.42. The van der Waals surface area contributed by atoms with E-state index in [1.807, 2.05) is 5.01 Å². The molecule has 7 nitrogen and oxygen atoms in total. The summed E-state index contributed by atoms with van der Waals surface area (Å²) in [7, 11) is 0. The number of nitrogens with zero attached hydrogens (tertiary/aromatic N) is 5. The van der Waals surface area contributed by atoms with Gasteiger partial charge < -0.3 is 4.42 Å². The Morgan fingerprint density at radius 3 is 2.68 bits per heavy atom. The van der Waals surface area contributed by atoms with E-state index in [0.29, 0.717) is 29.9 Å². The number of pyridine rings is 1. The number of fused-ring (bicyclic) bond motifs is 1. The lowest BCUT2D eigenvalue weighted by Gasteiger charge is -2.41. The van der Waals surface area contributed by atoms with E-state index >= 15 is 0 Å². The molecule has 0 spiro atoms. The van der Waals surface area contributed by atoms with Crippen molar-refractivity contribution in [2.45, 2.75) is 38.3 Å². The van der Waals surface area contributed by atoms with E-state index in [4.69, 9.17) is 4.42 Å². The minimum Gasteiger partial charge on any atom is -0.415 e. The smallest absolute Gasteiger partial charge is 0.314 e. The summed E-state index contributed by atoms with van der Waals surface area (Å²) < 4.78 is 43.8. The van der Waals surface area contributed by atoms with Gasteiger partial charge in [0, 0.05) is 12.7 Å². The van der Waals surface area contributed by atoms with Gasteiger partial charge in [0.15, 0.2) is 0 Å². The standard InChI is InChI=1S/C21H18F3N5O2/c22-14-6-4-12(5-7-14)17-3-1-2-8-28(17)29-11-16-15(21(29)30)9-13(10-25-16)19-26-27-20(31-19)18(23)24/h4-7,9-10,17-18H,1-3,8,11H2. The number of hydrogen-bond donors (Lipinski definition) is 0. The lowest BCUT2D eigenvalue weighted by atomic mass is 9.96. The highest BCUT2D eigenvalue weighted by Gasteiger charge is 2.38. The first-order chi connectivity index (χ1) is 15.0. The Kier molecular flexibility index (Phi) is 4.93. The molecule has 1 saturated heterocycles. The van der Waals surface area contributed by atoms with Crippen molar-refractivity contribution in [3.8, 4) is 11.5 Å². The summed E-state index contributed by atoms with van der Waals surface area (Å²) in [5, 5.41) is 10.6. The summed E-state index contributed by atoms with van der Waals surface area (Å²) in [6.07, 6.45) is 1.37. The molecule has 4 heterocycles. The molecule has 5 rings (SSSR count). The van der Waals surface area contributed by atoms with Crippen LogP contribution >= 0.6 is 0 Å². The Labute approximate surface area is 175 Å². The van der Waals surface area contributed by atoms with Crippen LogP contribution < -0.4 is 0 Å². The summed E-state index contributed by atoms with van der Waals surface area (Å²) in [6, 6.07) is 7.85. The minimum absolute atomic E-state index is 0.0448. The van der Waals surface area contributed by atoms with Gasteiger partial charge in [0.25, 0.3) is 11.8 Å². The normalized spacial score (nSPS) is 19.3. The molecule has 10 heteroatoms. The zero-order valence-electron chi connectivity index (χ0n) is 16.3. The predicted octanol–water partition coefficient (Wildman–Crippen LogP) is 4.31. The molecule has 3 aromatic rings. The molecule has 1 aromatic carbocycles. The number of hydrazine groups is 1. The van der Waals surface area contributed by atoms with Gasteiger partial charge in [-0.2, -0.15) is 8.78 Å². The molecule has 1 fully saturated rings. The fourth-order valence-corrected chi connectivity index (χ4v) is 4.15. The Morgan fingerprint density at radius 2 is 1.94 bits per heavy atom. The van der Waals surface area contributed by atoms with Gasteiger partial charge in [0.05, 0.1) is 29.4 Å². The van der Waals surface area contributed by atoms with Gasteiger partial charge in [-0.1, -0.05) is 18.6 Å². The topological polar surface area (TPSA) is 75.4 Å². The molecule has 0 saturated carbocycles. The van der Waals surface area contributed by atoms with E-state index in [1.54, 1.807) is 23.2 Å². The molecule has 0 aliphatic carbocycles. The van der Waals surface area contributed by atoms with Crippen molar-refractivity contribution in [3.05, 3.63) is 65.1 Å². The summed E-state index contributed by atoms with van der Waals surface area (Å²) in [5.74, 6) is -1.42. The number of benzene rings is 1. The third kappa shape index (κ3) is 3.56. The van der Waals surface area contributed by atoms with E-state index in [2.05, 4.69) is 15.2 Å². The molecule has 0 bridgehead atoms. The average Bonchev–Trinajstić information content (AvgIpc) is 3.40. The van der Waals surface area contributed by atoms with Gasteiger partial charge in [-0.15, -0.1) is 10.2 Å². The highest BCUT2D eigenvalue weighted by Crippen LogP contribution is 2.36. The summed E-state index contributed by atoms with van der Waals surface area (Å²) in [5.41, 5.74) is 2.22. The molecule has 1 unspecified atom stereocenters. The maximum Gasteiger partial charge on any atom is 0.314 e. The van der Waals surface area contributed by atoms with Crippen LogP contribution in [0.5, 0.6) is 0 Å². The molecule has 0 N–H and O–H groups in total. The second-order valence-electron chi connectivity index (χ2n) is 7.55. The number of carbonyl (C=O) groups excluding carboxylic acids is 1. The fourth-order valence-electron chi connectivity index (χ4n) is 4.15. The van der Waals surface area contributed by atoms with Crippen LogP contribution in [0.1, 0.15) is 59.2 Å². The number of alkyl halides is 2. The Hall–Kier alpha value is -3.27. The van der Waals surface area contributed by atoms with E-state index in [-0.39, 0.29) is 23.7 Å². The third-order valence-electron chi connectivity index (χ3n) is 5.65. The maximum atomic E-state index is 13.4. The van der Waals surface area contributed by atoms with Crippen LogP contribution in [0.3, 0.4) is 0 Å². The minimum atomic E-state index is -2.87. The SMILES string of the molecule is O=C1c2cc(-c3nnc(C(F)F)o3)cnc2CN1N1CCCCC1c1ccc(F)cc1. The Morgan fingerprint density at radius 1 is 1.13 bits per heavy atom. The van der Waals surface area contributed by atoms with E-state index in [1.165, 1.54) is 18.3 Å². The van der Waals surface area contributed by atoms with E-state index in [9.17, 15) is 18.0 Å². The molecule has 31 heavy (non-hydrogen) atoms.